The first kappa shape index (κ1) is 23.1. The van der Waals surface area contributed by atoms with Gasteiger partial charge in [-0.3, -0.25) is 4.79 Å². The van der Waals surface area contributed by atoms with Crippen LogP contribution in [0, 0.1) is 25.7 Å². The number of anilines is 1. The van der Waals surface area contributed by atoms with Gasteiger partial charge in [-0.2, -0.15) is 0 Å². The third-order valence-electron chi connectivity index (χ3n) is 7.15. The minimum Gasteiger partial charge on any atom is -0.325 e. The second-order valence-corrected chi connectivity index (χ2v) is 9.90. The van der Waals surface area contributed by atoms with Crippen LogP contribution in [0.25, 0.3) is 0 Å². The average Bonchev–Trinajstić information content (AvgIpc) is 3.03. The lowest BCUT2D eigenvalue weighted by Crippen LogP contribution is -2.53. The summed E-state index contributed by atoms with van der Waals surface area (Å²) in [7, 11) is 1.95. The molecule has 0 aromatic heterocycles. The topological polar surface area (TPSA) is 41.1 Å². The van der Waals surface area contributed by atoms with Gasteiger partial charge in [0.1, 0.15) is 0 Å². The molecule has 4 atom stereocenters. The maximum Gasteiger partial charge on any atom is 0.237 e. The van der Waals surface area contributed by atoms with Crippen molar-refractivity contribution in [3.05, 3.63) is 86.9 Å². The van der Waals surface area contributed by atoms with Crippen molar-refractivity contribution >= 4 is 34.8 Å². The van der Waals surface area contributed by atoms with Gasteiger partial charge in [-0.05, 0) is 74.1 Å². The average molecular weight is 469 g/mol. The molecule has 0 saturated carbocycles. The maximum atomic E-state index is 14.1. The van der Waals surface area contributed by atoms with E-state index in [0.717, 1.165) is 40.3 Å². The van der Waals surface area contributed by atoms with Crippen LogP contribution in [0.15, 0.2) is 59.7 Å². The number of hydrogen-bond acceptors (Lipinski definition) is 2. The van der Waals surface area contributed by atoms with E-state index in [2.05, 4.69) is 55.7 Å². The minimum absolute atomic E-state index is 0.0148. The molecule has 4 rings (SSSR count). The fourth-order valence-corrected chi connectivity index (χ4v) is 6.22. The number of aryl methyl sites for hydroxylation is 2. The van der Waals surface area contributed by atoms with Crippen molar-refractivity contribution in [2.75, 3.05) is 12.4 Å². The van der Waals surface area contributed by atoms with E-state index in [9.17, 15) is 4.79 Å². The number of fused-ring (bicyclic) bond motifs is 1. The van der Waals surface area contributed by atoms with Gasteiger partial charge in [0.25, 0.3) is 0 Å². The number of benzene rings is 2. The van der Waals surface area contributed by atoms with Crippen LogP contribution in [0.5, 0.6) is 0 Å². The molecule has 168 valence electrons. The van der Waals surface area contributed by atoms with Gasteiger partial charge in [0.15, 0.2) is 0 Å². The zero-order valence-electron chi connectivity index (χ0n) is 19.0. The van der Waals surface area contributed by atoms with Crippen LogP contribution < -0.4 is 10.6 Å². The molecule has 2 aromatic rings. The zero-order valence-corrected chi connectivity index (χ0v) is 20.5. The van der Waals surface area contributed by atoms with E-state index in [0.29, 0.717) is 5.02 Å². The second kappa shape index (κ2) is 9.05. The Morgan fingerprint density at radius 2 is 1.97 bits per heavy atom. The molecule has 2 aliphatic rings. The molecule has 1 amide bonds. The fourth-order valence-electron chi connectivity index (χ4n) is 5.80. The summed E-state index contributed by atoms with van der Waals surface area (Å²) in [5.41, 5.74) is 4.46. The lowest BCUT2D eigenvalue weighted by atomic mass is 9.58. The maximum absolute atomic E-state index is 14.1. The summed E-state index contributed by atoms with van der Waals surface area (Å²) >= 11 is 12.8. The van der Waals surface area contributed by atoms with Gasteiger partial charge in [-0.1, -0.05) is 78.5 Å². The molecule has 2 N–H and O–H groups in total. The monoisotopic (exact) mass is 468 g/mol. The molecule has 0 bridgehead atoms. The smallest absolute Gasteiger partial charge is 0.237 e. The number of halogens is 2. The summed E-state index contributed by atoms with van der Waals surface area (Å²) in [5, 5.41) is 8.17. The first-order valence-corrected chi connectivity index (χ1v) is 12.0. The highest BCUT2D eigenvalue weighted by Gasteiger charge is 2.58. The van der Waals surface area contributed by atoms with Crippen LogP contribution >= 0.6 is 23.2 Å². The number of rotatable bonds is 6. The molecule has 0 radical (unpaired) electrons. The summed E-state index contributed by atoms with van der Waals surface area (Å²) in [6.45, 7) is 6.38. The van der Waals surface area contributed by atoms with Crippen LogP contribution in [-0.4, -0.2) is 13.0 Å². The first-order valence-electron chi connectivity index (χ1n) is 11.2. The highest BCUT2D eigenvalue weighted by molar-refractivity contribution is 6.31. The van der Waals surface area contributed by atoms with Gasteiger partial charge >= 0.3 is 0 Å². The second-order valence-electron chi connectivity index (χ2n) is 8.98. The van der Waals surface area contributed by atoms with Gasteiger partial charge in [0.05, 0.1) is 11.5 Å². The number of allylic oxidation sites excluding steroid dienone is 4. The Morgan fingerprint density at radius 3 is 2.66 bits per heavy atom. The molecule has 1 aliphatic carbocycles. The van der Waals surface area contributed by atoms with Crippen LogP contribution in [0.4, 0.5) is 5.69 Å². The lowest BCUT2D eigenvalue weighted by molar-refractivity contribution is -0.125. The minimum atomic E-state index is -0.814. The van der Waals surface area contributed by atoms with Gasteiger partial charge in [0, 0.05) is 15.7 Å². The molecule has 0 fully saturated rings. The summed E-state index contributed by atoms with van der Waals surface area (Å²) in [5.74, 6) is 0.188. The van der Waals surface area contributed by atoms with Crippen molar-refractivity contribution in [2.24, 2.45) is 11.8 Å². The molecular weight excluding hydrogens is 439 g/mol. The van der Waals surface area contributed by atoms with Gasteiger partial charge in [-0.15, -0.1) is 0 Å². The molecule has 2 aromatic carbocycles. The van der Waals surface area contributed by atoms with E-state index in [1.54, 1.807) is 0 Å². The summed E-state index contributed by atoms with van der Waals surface area (Å²) in [6, 6.07) is 12.0. The van der Waals surface area contributed by atoms with Crippen molar-refractivity contribution in [1.82, 2.24) is 5.32 Å². The van der Waals surface area contributed by atoms with Crippen LogP contribution in [-0.2, 0) is 10.2 Å². The number of carbonyl (C=O) groups excluding carboxylic acids is 1. The molecular formula is C27H30Cl2N2O. The van der Waals surface area contributed by atoms with E-state index in [4.69, 9.17) is 23.2 Å². The predicted octanol–water partition coefficient (Wildman–Crippen LogP) is 6.83. The Balaban J connectivity index is 1.99. The molecule has 3 nitrogen and oxygen atoms in total. The van der Waals surface area contributed by atoms with E-state index >= 15 is 0 Å². The third kappa shape index (κ3) is 3.71. The van der Waals surface area contributed by atoms with Crippen molar-refractivity contribution in [1.29, 1.82) is 0 Å². The van der Waals surface area contributed by atoms with E-state index < -0.39 is 5.41 Å². The van der Waals surface area contributed by atoms with Gasteiger partial charge in [0.2, 0.25) is 5.91 Å². The highest BCUT2D eigenvalue weighted by Crippen LogP contribution is 2.56. The van der Waals surface area contributed by atoms with Gasteiger partial charge in [-0.25, -0.2) is 0 Å². The number of nitrogens with one attached hydrogen (secondary N) is 2. The van der Waals surface area contributed by atoms with Crippen LogP contribution in [0.2, 0.25) is 5.02 Å². The molecule has 5 heteroatoms. The Hall–Kier alpha value is -2.07. The molecule has 32 heavy (non-hydrogen) atoms. The molecule has 1 heterocycles. The Kier molecular flexibility index (Phi) is 6.53. The van der Waals surface area contributed by atoms with Crippen molar-refractivity contribution < 1.29 is 4.79 Å². The Morgan fingerprint density at radius 1 is 1.19 bits per heavy atom. The molecule has 0 saturated heterocycles. The molecule has 1 unspecified atom stereocenters. The van der Waals surface area contributed by atoms with Crippen molar-refractivity contribution in [2.45, 2.75) is 45.1 Å². The normalized spacial score (nSPS) is 24.0. The largest absolute Gasteiger partial charge is 0.325 e. The molecule has 1 aliphatic heterocycles. The number of carbonyl (C=O) groups is 1. The number of hydrogen-bond donors (Lipinski definition) is 2. The van der Waals surface area contributed by atoms with E-state index in [-0.39, 0.29) is 23.8 Å². The quantitative estimate of drug-likeness (QED) is 0.487. The van der Waals surface area contributed by atoms with Crippen molar-refractivity contribution in [3.8, 4) is 0 Å². The SMILES string of the molecule is CC[C@@H](C1C=CC=C(Cl)C1)[C@@]1([C@@H](NC)c2cc(C)ccc2C)C(=O)Nc2cc(Cl)ccc21. The highest BCUT2D eigenvalue weighted by atomic mass is 35.5. The Bertz CT molecular complexity index is 1110. The summed E-state index contributed by atoms with van der Waals surface area (Å²) < 4.78 is 0. The van der Waals surface area contributed by atoms with E-state index in [1.807, 2.05) is 37.4 Å². The van der Waals surface area contributed by atoms with Crippen LogP contribution in [0.1, 0.15) is 48.1 Å². The number of likely N-dealkylation sites (N-methyl/N-ethyl adjacent to an activating group) is 1. The standard InChI is InChI=1S/C27H30Cl2N2O/c1-5-22(18-7-6-8-19(28)14-18)27(23-12-11-20(29)15-24(23)31-26(27)32)25(30-4)21-13-16(2)9-10-17(21)3/h6-13,15,18,22,25,30H,5,14H2,1-4H3,(H,31,32)/t18?,22-,25-,27+/m0/s1. The van der Waals surface area contributed by atoms with E-state index in [1.165, 1.54) is 5.56 Å². The summed E-state index contributed by atoms with van der Waals surface area (Å²) in [4.78, 5) is 14.1. The van der Waals surface area contributed by atoms with Crippen molar-refractivity contribution in [3.63, 3.8) is 0 Å². The predicted molar refractivity (Wildman–Crippen MR) is 134 cm³/mol. The third-order valence-corrected chi connectivity index (χ3v) is 7.66. The zero-order chi connectivity index (χ0) is 23.0. The Labute approximate surface area is 200 Å². The van der Waals surface area contributed by atoms with Crippen LogP contribution in [0.3, 0.4) is 0 Å². The first-order chi connectivity index (χ1) is 15.3. The summed E-state index contributed by atoms with van der Waals surface area (Å²) in [6.07, 6.45) is 7.74. The molecule has 0 spiro atoms. The number of amides is 1. The lowest BCUT2D eigenvalue weighted by Gasteiger charge is -2.45. The van der Waals surface area contributed by atoms with Gasteiger partial charge < -0.3 is 10.6 Å². The fraction of sp³-hybridized carbons (Fsp3) is 0.370.